The number of hydrogen-bond acceptors (Lipinski definition) is 8. The van der Waals surface area contributed by atoms with Crippen molar-refractivity contribution in [2.45, 2.75) is 56.8 Å². The van der Waals surface area contributed by atoms with Gasteiger partial charge < -0.3 is 33.5 Å². The van der Waals surface area contributed by atoms with Crippen LogP contribution in [0.3, 0.4) is 0 Å². The number of likely N-dealkylation sites (tertiary alicyclic amines) is 2. The molecular formula is C29H38N2O7. The van der Waals surface area contributed by atoms with Crippen LogP contribution >= 0.6 is 0 Å². The number of allylic oxidation sites excluding steroid dienone is 1. The summed E-state index contributed by atoms with van der Waals surface area (Å²) in [6.07, 6.45) is 8.65. The molecule has 38 heavy (non-hydrogen) atoms. The van der Waals surface area contributed by atoms with E-state index in [1.807, 2.05) is 17.0 Å². The lowest BCUT2D eigenvalue weighted by Gasteiger charge is -2.40. The maximum Gasteiger partial charge on any atom is 0.288 e. The zero-order valence-electron chi connectivity index (χ0n) is 21.9. The van der Waals surface area contributed by atoms with Crippen LogP contribution in [-0.2, 0) is 19.0 Å². The summed E-state index contributed by atoms with van der Waals surface area (Å²) in [6, 6.07) is 7.68. The third-order valence-electron chi connectivity index (χ3n) is 7.80. The van der Waals surface area contributed by atoms with Crippen LogP contribution < -0.4 is 5.43 Å². The van der Waals surface area contributed by atoms with Gasteiger partial charge in [-0.3, -0.25) is 9.59 Å². The van der Waals surface area contributed by atoms with Crippen LogP contribution in [-0.4, -0.2) is 85.8 Å². The van der Waals surface area contributed by atoms with Gasteiger partial charge >= 0.3 is 0 Å². The molecule has 1 amide bonds. The number of aliphatic hydroxyl groups is 1. The number of amides is 1. The molecule has 0 bridgehead atoms. The molecular weight excluding hydrogens is 488 g/mol. The van der Waals surface area contributed by atoms with Crippen LogP contribution in [0.5, 0.6) is 0 Å². The smallest absolute Gasteiger partial charge is 0.288 e. The number of ether oxygens (including phenoxy) is 3. The number of carbonyl (C=O) groups is 1. The Morgan fingerprint density at radius 1 is 1.03 bits per heavy atom. The van der Waals surface area contributed by atoms with E-state index in [1.54, 1.807) is 18.2 Å². The average Bonchev–Trinajstić information content (AvgIpc) is 2.97. The molecule has 9 nitrogen and oxygen atoms in total. The Morgan fingerprint density at radius 2 is 1.82 bits per heavy atom. The summed E-state index contributed by atoms with van der Waals surface area (Å²) in [6.45, 7) is 4.39. The number of benzene rings is 1. The number of aliphatic hydroxyl groups excluding tert-OH is 1. The molecule has 5 rings (SSSR count). The second-order valence-electron chi connectivity index (χ2n) is 10.3. The fourth-order valence-corrected chi connectivity index (χ4v) is 5.75. The van der Waals surface area contributed by atoms with E-state index >= 15 is 0 Å². The first-order chi connectivity index (χ1) is 18.6. The molecule has 3 aliphatic heterocycles. The largest absolute Gasteiger partial charge is 0.464 e. The quantitative estimate of drug-likeness (QED) is 0.498. The highest BCUT2D eigenvalue weighted by Gasteiger charge is 2.34. The van der Waals surface area contributed by atoms with Crippen molar-refractivity contribution in [3.63, 3.8) is 0 Å². The van der Waals surface area contributed by atoms with Crippen LogP contribution in [0.25, 0.3) is 11.0 Å². The Hall–Kier alpha value is -2.72. The first kappa shape index (κ1) is 26.9. The molecule has 2 fully saturated rings. The summed E-state index contributed by atoms with van der Waals surface area (Å²) < 4.78 is 23.0. The molecule has 0 unspecified atom stereocenters. The van der Waals surface area contributed by atoms with E-state index < -0.39 is 12.2 Å². The molecule has 3 aliphatic rings. The lowest BCUT2D eigenvalue weighted by molar-refractivity contribution is -0.157. The number of rotatable bonds is 9. The fourth-order valence-electron chi connectivity index (χ4n) is 5.75. The van der Waals surface area contributed by atoms with Crippen molar-refractivity contribution in [2.75, 3.05) is 52.6 Å². The van der Waals surface area contributed by atoms with E-state index in [9.17, 15) is 9.59 Å². The van der Waals surface area contributed by atoms with Crippen LogP contribution in [0.2, 0.25) is 0 Å². The van der Waals surface area contributed by atoms with Gasteiger partial charge in [0.15, 0.2) is 11.2 Å². The third kappa shape index (κ3) is 6.29. The molecule has 1 N–H and O–H groups in total. The summed E-state index contributed by atoms with van der Waals surface area (Å²) in [7, 11) is 0. The number of fused-ring (bicyclic) bond motifs is 1. The first-order valence-electron chi connectivity index (χ1n) is 13.9. The summed E-state index contributed by atoms with van der Waals surface area (Å²) in [4.78, 5) is 31.3. The highest BCUT2D eigenvalue weighted by Crippen LogP contribution is 2.32. The Kier molecular flexibility index (Phi) is 9.11. The molecule has 0 radical (unpaired) electrons. The molecule has 0 saturated carbocycles. The maximum absolute atomic E-state index is 13.6. The predicted molar refractivity (Wildman–Crippen MR) is 142 cm³/mol. The van der Waals surface area contributed by atoms with Crippen molar-refractivity contribution < 1.29 is 28.5 Å². The Labute approximate surface area is 222 Å². The Bertz CT molecular complexity index is 1160. The topological polar surface area (TPSA) is 102 Å². The summed E-state index contributed by atoms with van der Waals surface area (Å²) in [5, 5.41) is 9.41. The van der Waals surface area contributed by atoms with Gasteiger partial charge in [-0.25, -0.2) is 0 Å². The number of nitrogens with zero attached hydrogens (tertiary/aromatic N) is 2. The lowest BCUT2D eigenvalue weighted by atomic mass is 9.93. The molecule has 1 aromatic carbocycles. The summed E-state index contributed by atoms with van der Waals surface area (Å²) >= 11 is 0. The highest BCUT2D eigenvalue weighted by molar-refractivity contribution is 5.92. The van der Waals surface area contributed by atoms with Gasteiger partial charge in [-0.05, 0) is 57.0 Å². The van der Waals surface area contributed by atoms with Crippen molar-refractivity contribution in [3.05, 3.63) is 58.2 Å². The minimum Gasteiger partial charge on any atom is -0.464 e. The number of para-hydroxylation sites is 1. The number of carbonyl (C=O) groups excluding carboxylic acids is 1. The SMILES string of the molecule is O=C(C1=C[C@H](c2coc3ccccc3c2=O)C[C@H](OCCOCCO)O1)N1CCC(N2CCCCC2)CC1. The molecule has 1 aromatic heterocycles. The maximum atomic E-state index is 13.6. The molecule has 2 atom stereocenters. The zero-order chi connectivity index (χ0) is 26.3. The molecule has 9 heteroatoms. The van der Waals surface area contributed by atoms with Gasteiger partial charge in [0.25, 0.3) is 5.91 Å². The Morgan fingerprint density at radius 3 is 2.61 bits per heavy atom. The zero-order valence-corrected chi connectivity index (χ0v) is 21.9. The van der Waals surface area contributed by atoms with Crippen molar-refractivity contribution in [1.82, 2.24) is 9.80 Å². The van der Waals surface area contributed by atoms with Crippen LogP contribution in [0.4, 0.5) is 0 Å². The molecule has 2 aromatic rings. The molecule has 206 valence electrons. The van der Waals surface area contributed by atoms with Gasteiger partial charge in [0.05, 0.1) is 38.1 Å². The summed E-state index contributed by atoms with van der Waals surface area (Å²) in [5.41, 5.74) is 0.888. The standard InChI is InChI=1S/C29H38N2O7/c32-14-15-35-16-17-36-27-19-21(24-20-37-25-7-3-2-6-23(25)28(24)33)18-26(38-27)29(34)31-12-8-22(9-13-31)30-10-4-1-5-11-30/h2-3,6-7,18,20-22,27,32H,1,4-5,8-17,19H2/t21-,27+/m0/s1. The van der Waals surface area contributed by atoms with E-state index in [1.165, 1.54) is 25.5 Å². The number of piperidine rings is 2. The van der Waals surface area contributed by atoms with Crippen molar-refractivity contribution in [1.29, 1.82) is 0 Å². The van der Waals surface area contributed by atoms with Gasteiger partial charge in [-0.15, -0.1) is 0 Å². The van der Waals surface area contributed by atoms with E-state index in [4.69, 9.17) is 23.7 Å². The van der Waals surface area contributed by atoms with Crippen LogP contribution in [0.1, 0.15) is 50.0 Å². The lowest BCUT2D eigenvalue weighted by Crippen LogP contribution is -2.49. The van der Waals surface area contributed by atoms with Gasteiger partial charge in [-0.1, -0.05) is 18.6 Å². The van der Waals surface area contributed by atoms with Gasteiger partial charge in [0.2, 0.25) is 6.29 Å². The van der Waals surface area contributed by atoms with Crippen molar-refractivity contribution in [2.24, 2.45) is 0 Å². The Balaban J connectivity index is 1.31. The molecule has 0 aliphatic carbocycles. The minimum atomic E-state index is -0.710. The molecule has 4 heterocycles. The minimum absolute atomic E-state index is 0.0599. The van der Waals surface area contributed by atoms with E-state index in [0.29, 0.717) is 48.7 Å². The summed E-state index contributed by atoms with van der Waals surface area (Å²) in [5.74, 6) is -0.341. The average molecular weight is 527 g/mol. The predicted octanol–water partition coefficient (Wildman–Crippen LogP) is 3.01. The van der Waals surface area contributed by atoms with Crippen LogP contribution in [0, 0.1) is 0 Å². The second kappa shape index (κ2) is 12.9. The molecule has 2 saturated heterocycles. The van der Waals surface area contributed by atoms with Gasteiger partial charge in [0, 0.05) is 37.0 Å². The fraction of sp³-hybridized carbons (Fsp3) is 0.586. The van der Waals surface area contributed by atoms with Crippen molar-refractivity contribution in [3.8, 4) is 0 Å². The van der Waals surface area contributed by atoms with Gasteiger partial charge in [0.1, 0.15) is 5.58 Å². The molecule has 0 spiro atoms. The van der Waals surface area contributed by atoms with Gasteiger partial charge in [-0.2, -0.15) is 0 Å². The van der Waals surface area contributed by atoms with Crippen LogP contribution in [0.15, 0.2) is 51.6 Å². The normalized spacial score (nSPS) is 23.3. The van der Waals surface area contributed by atoms with E-state index in [0.717, 1.165) is 25.9 Å². The number of hydrogen-bond donors (Lipinski definition) is 1. The highest BCUT2D eigenvalue weighted by atomic mass is 16.7. The monoisotopic (exact) mass is 526 g/mol. The first-order valence-corrected chi connectivity index (χ1v) is 13.9. The second-order valence-corrected chi connectivity index (χ2v) is 10.3. The van der Waals surface area contributed by atoms with E-state index in [-0.39, 0.29) is 36.9 Å². The third-order valence-corrected chi connectivity index (χ3v) is 7.80. The van der Waals surface area contributed by atoms with E-state index in [2.05, 4.69) is 4.90 Å². The van der Waals surface area contributed by atoms with Crippen molar-refractivity contribution >= 4 is 16.9 Å².